The molecule has 1 spiro atoms. The third-order valence-electron chi connectivity index (χ3n) is 11.8. The van der Waals surface area contributed by atoms with E-state index in [1.54, 1.807) is 6.07 Å². The van der Waals surface area contributed by atoms with Gasteiger partial charge in [-0.05, 0) is 93.0 Å². The molecule has 9 aromatic rings. The summed E-state index contributed by atoms with van der Waals surface area (Å²) in [7, 11) is 0. The standard InChI is InChI=1S/C55H32N4O/c56-33-35-27-36(34-57)29-43(28-35)38-21-19-37(20-22-38)41-23-25-46-44(30-41)45-31-42(51-32-50(39-11-3-1-4-12-39)58-54(59-51)40-13-5-2-6-14-40)24-26-47(45)55(46)48-15-7-9-17-52(48)60-53-18-10-8-16-49(53)55/h1-32H. The number of benzene rings is 8. The van der Waals surface area contributed by atoms with Crippen LogP contribution in [0.1, 0.15) is 33.4 Å². The van der Waals surface area contributed by atoms with E-state index in [2.05, 4.69) is 140 Å². The van der Waals surface area contributed by atoms with E-state index in [1.165, 1.54) is 11.1 Å². The van der Waals surface area contributed by atoms with Crippen LogP contribution >= 0.6 is 0 Å². The normalized spacial score (nSPS) is 12.6. The van der Waals surface area contributed by atoms with Gasteiger partial charge in [-0.2, -0.15) is 10.5 Å². The molecule has 0 saturated carbocycles. The maximum Gasteiger partial charge on any atom is 0.160 e. The van der Waals surface area contributed by atoms with Crippen LogP contribution in [0.2, 0.25) is 0 Å². The zero-order chi connectivity index (χ0) is 40.2. The van der Waals surface area contributed by atoms with Crippen molar-refractivity contribution >= 4 is 0 Å². The molecule has 0 radical (unpaired) electrons. The fourth-order valence-corrected chi connectivity index (χ4v) is 9.09. The van der Waals surface area contributed by atoms with Gasteiger partial charge in [0.05, 0.1) is 40.1 Å². The number of ether oxygens (including phenoxy) is 1. The van der Waals surface area contributed by atoms with Gasteiger partial charge in [-0.3, -0.25) is 0 Å². The molecule has 0 fully saturated rings. The van der Waals surface area contributed by atoms with E-state index in [4.69, 9.17) is 14.7 Å². The highest BCUT2D eigenvalue weighted by Gasteiger charge is 2.51. The molecule has 0 unspecified atom stereocenters. The van der Waals surface area contributed by atoms with Crippen LogP contribution in [0.15, 0.2) is 194 Å². The molecule has 8 aromatic carbocycles. The van der Waals surface area contributed by atoms with E-state index < -0.39 is 5.41 Å². The summed E-state index contributed by atoms with van der Waals surface area (Å²) >= 11 is 0. The first kappa shape index (κ1) is 34.8. The quantitative estimate of drug-likeness (QED) is 0.174. The summed E-state index contributed by atoms with van der Waals surface area (Å²) in [6, 6.07) is 70.9. The molecule has 5 heteroatoms. The lowest BCUT2D eigenvalue weighted by Crippen LogP contribution is -2.32. The second-order valence-electron chi connectivity index (χ2n) is 15.2. The number of nitrogens with zero attached hydrogens (tertiary/aromatic N) is 4. The number of hydrogen-bond acceptors (Lipinski definition) is 5. The molecule has 0 bridgehead atoms. The average Bonchev–Trinajstić information content (AvgIpc) is 3.61. The molecule has 5 nitrogen and oxygen atoms in total. The summed E-state index contributed by atoms with van der Waals surface area (Å²) in [5.74, 6) is 2.36. The minimum absolute atomic E-state index is 0.463. The van der Waals surface area contributed by atoms with Crippen LogP contribution in [0.5, 0.6) is 11.5 Å². The summed E-state index contributed by atoms with van der Waals surface area (Å²) < 4.78 is 6.61. The zero-order valence-electron chi connectivity index (χ0n) is 32.2. The first-order valence-electron chi connectivity index (χ1n) is 19.8. The predicted octanol–water partition coefficient (Wildman–Crippen LogP) is 13.0. The molecule has 2 aliphatic rings. The summed E-state index contributed by atoms with van der Waals surface area (Å²) in [6.45, 7) is 0. The van der Waals surface area contributed by atoms with Crippen molar-refractivity contribution in [1.82, 2.24) is 9.97 Å². The van der Waals surface area contributed by atoms with Crippen molar-refractivity contribution in [1.29, 1.82) is 10.5 Å². The first-order chi connectivity index (χ1) is 29.6. The molecule has 1 aliphatic heterocycles. The van der Waals surface area contributed by atoms with Crippen LogP contribution in [0.25, 0.3) is 67.3 Å². The zero-order valence-corrected chi connectivity index (χ0v) is 32.2. The molecule has 60 heavy (non-hydrogen) atoms. The number of hydrogen-bond donors (Lipinski definition) is 0. The second kappa shape index (κ2) is 13.9. The molecule has 1 aliphatic carbocycles. The molecule has 278 valence electrons. The van der Waals surface area contributed by atoms with Gasteiger partial charge in [-0.1, -0.05) is 146 Å². The van der Waals surface area contributed by atoms with Gasteiger partial charge in [-0.25, -0.2) is 9.97 Å². The lowest BCUT2D eigenvalue weighted by Gasteiger charge is -2.39. The lowest BCUT2D eigenvalue weighted by molar-refractivity contribution is 0.436. The van der Waals surface area contributed by atoms with E-state index in [0.717, 1.165) is 84.1 Å². The van der Waals surface area contributed by atoms with Crippen molar-refractivity contribution < 1.29 is 4.74 Å². The highest BCUT2D eigenvalue weighted by molar-refractivity contribution is 5.93. The largest absolute Gasteiger partial charge is 0.457 e. The van der Waals surface area contributed by atoms with Gasteiger partial charge in [0.1, 0.15) is 11.5 Å². The van der Waals surface area contributed by atoms with Crippen LogP contribution in [-0.2, 0) is 5.41 Å². The Bertz CT molecular complexity index is 3120. The number of rotatable bonds is 5. The highest BCUT2D eigenvalue weighted by atomic mass is 16.5. The minimum Gasteiger partial charge on any atom is -0.457 e. The Kier molecular flexibility index (Phi) is 8.08. The molecule has 0 amide bonds. The van der Waals surface area contributed by atoms with E-state index in [-0.39, 0.29) is 0 Å². The van der Waals surface area contributed by atoms with E-state index in [9.17, 15) is 10.5 Å². The lowest BCUT2D eigenvalue weighted by atomic mass is 9.66. The first-order valence-corrected chi connectivity index (χ1v) is 19.8. The van der Waals surface area contributed by atoms with Crippen LogP contribution < -0.4 is 4.74 Å². The summed E-state index contributed by atoms with van der Waals surface area (Å²) in [4.78, 5) is 10.3. The van der Waals surface area contributed by atoms with E-state index in [1.807, 2.05) is 60.7 Å². The Balaban J connectivity index is 1.12. The fourth-order valence-electron chi connectivity index (χ4n) is 9.09. The number of fused-ring (bicyclic) bond motifs is 9. The minimum atomic E-state index is -0.628. The fraction of sp³-hybridized carbons (Fsp3) is 0.0182. The van der Waals surface area contributed by atoms with Gasteiger partial charge >= 0.3 is 0 Å². The van der Waals surface area contributed by atoms with Gasteiger partial charge < -0.3 is 4.74 Å². The SMILES string of the molecule is N#Cc1cc(C#N)cc(-c2ccc(-c3ccc4c(c3)-c3cc(-c5cc(-c6ccccc6)nc(-c6ccccc6)n5)ccc3C43c4ccccc4Oc4ccccc43)cc2)c1. The monoisotopic (exact) mass is 764 g/mol. The van der Waals surface area contributed by atoms with Crippen LogP contribution in [-0.4, -0.2) is 9.97 Å². The average molecular weight is 765 g/mol. The van der Waals surface area contributed by atoms with Crippen molar-refractivity contribution in [3.05, 3.63) is 228 Å². The van der Waals surface area contributed by atoms with Crippen LogP contribution in [0, 0.1) is 22.7 Å². The maximum absolute atomic E-state index is 9.60. The molecule has 2 heterocycles. The topological polar surface area (TPSA) is 82.6 Å². The van der Waals surface area contributed by atoms with E-state index in [0.29, 0.717) is 17.0 Å². The van der Waals surface area contributed by atoms with Crippen molar-refractivity contribution in [2.75, 3.05) is 0 Å². The van der Waals surface area contributed by atoms with Crippen molar-refractivity contribution in [2.45, 2.75) is 5.41 Å². The molecule has 0 saturated heterocycles. The Morgan fingerprint density at radius 2 is 0.833 bits per heavy atom. The molecule has 0 atom stereocenters. The van der Waals surface area contributed by atoms with Crippen LogP contribution in [0.4, 0.5) is 0 Å². The Labute approximate surface area is 347 Å². The highest BCUT2D eigenvalue weighted by Crippen LogP contribution is 2.62. The molecule has 1 aromatic heterocycles. The molecular formula is C55H32N4O. The smallest absolute Gasteiger partial charge is 0.160 e. The van der Waals surface area contributed by atoms with Crippen molar-refractivity contribution in [3.63, 3.8) is 0 Å². The maximum atomic E-state index is 9.60. The molecule has 0 N–H and O–H groups in total. The van der Waals surface area contributed by atoms with Gasteiger partial charge in [-0.15, -0.1) is 0 Å². The van der Waals surface area contributed by atoms with Crippen LogP contribution in [0.3, 0.4) is 0 Å². The number of nitriles is 2. The third kappa shape index (κ3) is 5.53. The summed E-state index contributed by atoms with van der Waals surface area (Å²) in [6.07, 6.45) is 0. The second-order valence-corrected chi connectivity index (χ2v) is 15.2. The Morgan fingerprint density at radius 3 is 1.42 bits per heavy atom. The number of aromatic nitrogens is 2. The summed E-state index contributed by atoms with van der Waals surface area (Å²) in [5.41, 5.74) is 15.7. The van der Waals surface area contributed by atoms with Crippen molar-refractivity contribution in [3.8, 4) is 90.9 Å². The third-order valence-corrected chi connectivity index (χ3v) is 11.8. The number of para-hydroxylation sites is 2. The van der Waals surface area contributed by atoms with E-state index >= 15 is 0 Å². The Morgan fingerprint density at radius 1 is 0.367 bits per heavy atom. The van der Waals surface area contributed by atoms with Gasteiger partial charge in [0.15, 0.2) is 5.82 Å². The molecule has 11 rings (SSSR count). The van der Waals surface area contributed by atoms with Crippen molar-refractivity contribution in [2.24, 2.45) is 0 Å². The van der Waals surface area contributed by atoms with Gasteiger partial charge in [0, 0.05) is 27.8 Å². The molecular weight excluding hydrogens is 733 g/mol. The summed E-state index contributed by atoms with van der Waals surface area (Å²) in [5, 5.41) is 19.2. The predicted molar refractivity (Wildman–Crippen MR) is 236 cm³/mol. The Hall–Kier alpha value is -8.38. The van der Waals surface area contributed by atoms with Gasteiger partial charge in [0.2, 0.25) is 0 Å². The van der Waals surface area contributed by atoms with Gasteiger partial charge in [0.25, 0.3) is 0 Å².